The lowest BCUT2D eigenvalue weighted by Gasteiger charge is -2.17. The molecule has 2 aromatic carbocycles. The van der Waals surface area contributed by atoms with Crippen LogP contribution in [0.1, 0.15) is 0 Å². The van der Waals surface area contributed by atoms with Gasteiger partial charge < -0.3 is 0 Å². The molecule has 0 saturated heterocycles. The molecule has 0 saturated carbocycles. The van der Waals surface area contributed by atoms with Crippen molar-refractivity contribution in [2.24, 2.45) is 0 Å². The van der Waals surface area contributed by atoms with Crippen molar-refractivity contribution in [2.45, 2.75) is 0 Å². The Labute approximate surface area is 186 Å². The molecular weight excluding hydrogens is 479 g/mol. The fourth-order valence-corrected chi connectivity index (χ4v) is 3.87. The van der Waals surface area contributed by atoms with Gasteiger partial charge in [-0.05, 0) is 52.3 Å². The second-order valence-corrected chi connectivity index (χ2v) is 8.21. The molecule has 0 atom stereocenters. The Morgan fingerprint density at radius 2 is 1.36 bits per heavy atom. The molecule has 4 aromatic rings. The van der Waals surface area contributed by atoms with E-state index in [1.165, 1.54) is 0 Å². The third-order valence-electron chi connectivity index (χ3n) is 4.28. The molecule has 2 heterocycles. The highest BCUT2D eigenvalue weighted by atomic mass is 79.9. The summed E-state index contributed by atoms with van der Waals surface area (Å²) in [5, 5.41) is 1.78. The molecule has 0 spiro atoms. The highest BCUT2D eigenvalue weighted by Crippen LogP contribution is 2.45. The number of pyridine rings is 2. The summed E-state index contributed by atoms with van der Waals surface area (Å²) in [6.07, 6.45) is 3.37. The molecule has 2 aromatic heterocycles. The monoisotopic (exact) mass is 488 g/mol. The molecule has 0 aliphatic heterocycles. The summed E-state index contributed by atoms with van der Waals surface area (Å²) in [7, 11) is 0. The summed E-state index contributed by atoms with van der Waals surface area (Å²) < 4.78 is 0.891. The average molecular weight is 491 g/mol. The molecule has 4 rings (SSSR count). The van der Waals surface area contributed by atoms with Gasteiger partial charge in [0.1, 0.15) is 0 Å². The highest BCUT2D eigenvalue weighted by Gasteiger charge is 2.20. The fourth-order valence-electron chi connectivity index (χ4n) is 3.04. The Morgan fingerprint density at radius 1 is 0.607 bits per heavy atom. The Balaban J connectivity index is 2.08. The van der Waals surface area contributed by atoms with Gasteiger partial charge in [0, 0.05) is 44.1 Å². The maximum Gasteiger partial charge on any atom is 0.0724 e. The minimum absolute atomic E-state index is 0.576. The second-order valence-electron chi connectivity index (χ2n) is 6.05. The summed E-state index contributed by atoms with van der Waals surface area (Å²) >= 11 is 22.7. The van der Waals surface area contributed by atoms with Crippen molar-refractivity contribution < 1.29 is 0 Å². The third kappa shape index (κ3) is 3.81. The topological polar surface area (TPSA) is 25.8 Å². The van der Waals surface area contributed by atoms with Crippen molar-refractivity contribution in [3.63, 3.8) is 0 Å². The van der Waals surface area contributed by atoms with E-state index in [-0.39, 0.29) is 0 Å². The molecule has 0 N–H and O–H groups in total. The Kier molecular flexibility index (Phi) is 5.70. The molecule has 0 unspecified atom stereocenters. The molecule has 2 nitrogen and oxygen atoms in total. The lowest BCUT2D eigenvalue weighted by Crippen LogP contribution is -1.95. The van der Waals surface area contributed by atoms with Gasteiger partial charge in [0.2, 0.25) is 0 Å². The zero-order valence-electron chi connectivity index (χ0n) is 14.3. The van der Waals surface area contributed by atoms with Gasteiger partial charge in [-0.3, -0.25) is 9.97 Å². The molecule has 6 heteroatoms. The van der Waals surface area contributed by atoms with Gasteiger partial charge in [-0.1, -0.05) is 59.1 Å². The molecule has 0 aliphatic carbocycles. The Bertz CT molecular complexity index is 1140. The van der Waals surface area contributed by atoms with E-state index in [0.717, 1.165) is 38.1 Å². The normalized spacial score (nSPS) is 10.9. The van der Waals surface area contributed by atoms with Crippen LogP contribution in [0.5, 0.6) is 0 Å². The standard InChI is InChI=1S/C22H12BrCl3N2/c23-13-5-9-20(27-11-13)22-18(26)8-7-16(19-10-6-14(24)12-28-19)21(22)15-3-1-2-4-17(15)25/h1-12H. The zero-order chi connectivity index (χ0) is 19.7. The molecule has 0 fully saturated rings. The maximum absolute atomic E-state index is 6.65. The Morgan fingerprint density at radius 3 is 2.04 bits per heavy atom. The third-order valence-corrected chi connectivity index (χ3v) is 5.62. The van der Waals surface area contributed by atoms with E-state index in [0.29, 0.717) is 15.1 Å². The first-order valence-electron chi connectivity index (χ1n) is 8.36. The summed E-state index contributed by atoms with van der Waals surface area (Å²) in [4.78, 5) is 9.06. The number of aromatic nitrogens is 2. The van der Waals surface area contributed by atoms with Crippen LogP contribution in [0, 0.1) is 0 Å². The molecule has 0 aliphatic rings. The van der Waals surface area contributed by atoms with Crippen LogP contribution in [0.4, 0.5) is 0 Å². The van der Waals surface area contributed by atoms with Crippen LogP contribution < -0.4 is 0 Å². The van der Waals surface area contributed by atoms with E-state index in [9.17, 15) is 0 Å². The minimum Gasteiger partial charge on any atom is -0.255 e. The first-order valence-corrected chi connectivity index (χ1v) is 10.3. The molecule has 0 bridgehead atoms. The number of hydrogen-bond donors (Lipinski definition) is 0. The number of nitrogens with zero attached hydrogens (tertiary/aromatic N) is 2. The number of halogens is 4. The van der Waals surface area contributed by atoms with E-state index >= 15 is 0 Å². The molecule has 0 amide bonds. The molecule has 138 valence electrons. The number of benzene rings is 2. The fraction of sp³-hybridized carbons (Fsp3) is 0. The first-order chi connectivity index (χ1) is 13.5. The van der Waals surface area contributed by atoms with Crippen LogP contribution in [0.15, 0.2) is 77.5 Å². The van der Waals surface area contributed by atoms with Crippen LogP contribution in [0.3, 0.4) is 0 Å². The summed E-state index contributed by atoms with van der Waals surface area (Å²) in [5.41, 5.74) is 4.96. The molecule has 0 radical (unpaired) electrons. The number of hydrogen-bond acceptors (Lipinski definition) is 2. The largest absolute Gasteiger partial charge is 0.255 e. The summed E-state index contributed by atoms with van der Waals surface area (Å²) in [6.45, 7) is 0. The Hall–Kier alpha value is -1.91. The number of rotatable bonds is 3. The van der Waals surface area contributed by atoms with Crippen LogP contribution in [0.25, 0.3) is 33.6 Å². The summed E-state index contributed by atoms with van der Waals surface area (Å²) in [5.74, 6) is 0. The van der Waals surface area contributed by atoms with E-state index in [4.69, 9.17) is 34.8 Å². The van der Waals surface area contributed by atoms with Gasteiger partial charge in [-0.2, -0.15) is 0 Å². The van der Waals surface area contributed by atoms with E-state index in [1.807, 2.05) is 60.7 Å². The van der Waals surface area contributed by atoms with Crippen molar-refractivity contribution in [1.82, 2.24) is 9.97 Å². The smallest absolute Gasteiger partial charge is 0.0724 e. The van der Waals surface area contributed by atoms with Gasteiger partial charge in [0.05, 0.1) is 21.4 Å². The molecular formula is C22H12BrCl3N2. The zero-order valence-corrected chi connectivity index (χ0v) is 18.2. The quantitative estimate of drug-likeness (QED) is 0.289. The van der Waals surface area contributed by atoms with Gasteiger partial charge in [-0.15, -0.1) is 0 Å². The average Bonchev–Trinajstić information content (AvgIpc) is 2.70. The van der Waals surface area contributed by atoms with Crippen molar-refractivity contribution in [1.29, 1.82) is 0 Å². The maximum atomic E-state index is 6.65. The van der Waals surface area contributed by atoms with Gasteiger partial charge in [0.25, 0.3) is 0 Å². The van der Waals surface area contributed by atoms with Crippen molar-refractivity contribution in [3.05, 3.63) is 92.6 Å². The lowest BCUT2D eigenvalue weighted by atomic mass is 9.90. The van der Waals surface area contributed by atoms with Gasteiger partial charge in [0.15, 0.2) is 0 Å². The van der Waals surface area contributed by atoms with Crippen LogP contribution in [-0.4, -0.2) is 9.97 Å². The van der Waals surface area contributed by atoms with Gasteiger partial charge >= 0.3 is 0 Å². The van der Waals surface area contributed by atoms with Crippen molar-refractivity contribution >= 4 is 50.7 Å². The lowest BCUT2D eigenvalue weighted by molar-refractivity contribution is 1.30. The predicted octanol–water partition coefficient (Wildman–Crippen LogP) is 8.20. The minimum atomic E-state index is 0.576. The van der Waals surface area contributed by atoms with E-state index < -0.39 is 0 Å². The highest BCUT2D eigenvalue weighted by molar-refractivity contribution is 9.10. The van der Waals surface area contributed by atoms with Crippen LogP contribution in [-0.2, 0) is 0 Å². The van der Waals surface area contributed by atoms with Crippen molar-refractivity contribution in [3.8, 4) is 33.6 Å². The molecule has 28 heavy (non-hydrogen) atoms. The summed E-state index contributed by atoms with van der Waals surface area (Å²) in [6, 6.07) is 19.0. The second kappa shape index (κ2) is 8.22. The van der Waals surface area contributed by atoms with E-state index in [2.05, 4.69) is 25.9 Å². The van der Waals surface area contributed by atoms with Crippen LogP contribution >= 0.6 is 50.7 Å². The van der Waals surface area contributed by atoms with Crippen molar-refractivity contribution in [2.75, 3.05) is 0 Å². The first kappa shape index (κ1) is 19.4. The SMILES string of the molecule is Clc1ccc(-c2ccc(Cl)c(-c3ccc(Br)cn3)c2-c2ccccc2Cl)nc1. The van der Waals surface area contributed by atoms with E-state index in [1.54, 1.807) is 12.4 Å². The predicted molar refractivity (Wildman–Crippen MR) is 121 cm³/mol. The van der Waals surface area contributed by atoms with Gasteiger partial charge in [-0.25, -0.2) is 0 Å². The van der Waals surface area contributed by atoms with Crippen LogP contribution in [0.2, 0.25) is 15.1 Å².